The number of piperidine rings is 1. The Balaban J connectivity index is 1.44. The molecule has 0 spiro atoms. The van der Waals surface area contributed by atoms with Crippen LogP contribution in [-0.2, 0) is 4.79 Å². The minimum atomic E-state index is -0.979. The minimum absolute atomic E-state index is 0.0499. The van der Waals surface area contributed by atoms with E-state index in [-0.39, 0.29) is 17.9 Å². The Labute approximate surface area is 186 Å². The lowest BCUT2D eigenvalue weighted by atomic mass is 9.85. The summed E-state index contributed by atoms with van der Waals surface area (Å²) in [6, 6.07) is 10.9. The van der Waals surface area contributed by atoms with Gasteiger partial charge in [0.25, 0.3) is 5.91 Å². The fourth-order valence-corrected chi connectivity index (χ4v) is 4.14. The van der Waals surface area contributed by atoms with Crippen molar-refractivity contribution in [3.63, 3.8) is 0 Å². The van der Waals surface area contributed by atoms with Crippen LogP contribution in [0.2, 0.25) is 0 Å². The predicted molar refractivity (Wildman–Crippen MR) is 118 cm³/mol. The quantitative estimate of drug-likeness (QED) is 0.741. The third-order valence-electron chi connectivity index (χ3n) is 6.29. The van der Waals surface area contributed by atoms with E-state index in [1.807, 2.05) is 6.92 Å². The average Bonchev–Trinajstić information content (AvgIpc) is 3.16. The summed E-state index contributed by atoms with van der Waals surface area (Å²) < 4.78 is 0. The van der Waals surface area contributed by atoms with Crippen LogP contribution in [0.1, 0.15) is 43.0 Å². The number of carbonyl (C=O) groups is 2. The van der Waals surface area contributed by atoms with E-state index >= 15 is 0 Å². The van der Waals surface area contributed by atoms with Gasteiger partial charge in [-0.2, -0.15) is 10.2 Å². The largest absolute Gasteiger partial charge is 0.393 e. The monoisotopic (exact) mass is 434 g/mol. The van der Waals surface area contributed by atoms with Crippen molar-refractivity contribution in [2.24, 2.45) is 5.41 Å². The van der Waals surface area contributed by atoms with E-state index in [0.29, 0.717) is 68.3 Å². The van der Waals surface area contributed by atoms with Crippen molar-refractivity contribution in [2.75, 3.05) is 29.9 Å². The lowest BCUT2D eigenvalue weighted by molar-refractivity contribution is -0.123. The molecule has 2 aromatic rings. The molecule has 166 valence electrons. The average molecular weight is 435 g/mol. The molecule has 1 aromatic heterocycles. The van der Waals surface area contributed by atoms with Crippen molar-refractivity contribution >= 4 is 29.3 Å². The number of aliphatic hydroxyl groups is 1. The van der Waals surface area contributed by atoms with Crippen LogP contribution < -0.4 is 10.2 Å². The number of carbonyl (C=O) groups excluding carboxylic acids is 2. The van der Waals surface area contributed by atoms with Gasteiger partial charge in [0.05, 0.1) is 12.2 Å². The number of hydrogen-bond donors (Lipinski definition) is 2. The third-order valence-corrected chi connectivity index (χ3v) is 6.29. The van der Waals surface area contributed by atoms with Crippen molar-refractivity contribution in [3.8, 4) is 6.07 Å². The molecule has 2 aliphatic rings. The fraction of sp³-hybridized carbons (Fsp3) is 0.435. The zero-order chi connectivity index (χ0) is 22.7. The predicted octanol–water partition coefficient (Wildman–Crippen LogP) is 2.47. The first kappa shape index (κ1) is 21.7. The highest BCUT2D eigenvalue weighted by atomic mass is 16.3. The highest BCUT2D eigenvalue weighted by molar-refractivity contribution is 6.01. The molecule has 2 fully saturated rings. The summed E-state index contributed by atoms with van der Waals surface area (Å²) in [5.41, 5.74) is 0.310. The summed E-state index contributed by atoms with van der Waals surface area (Å²) in [6.07, 6.45) is 3.41. The number of aliphatic hydroxyl groups excluding tert-OH is 1. The molecule has 32 heavy (non-hydrogen) atoms. The van der Waals surface area contributed by atoms with Gasteiger partial charge < -0.3 is 15.3 Å². The van der Waals surface area contributed by atoms with E-state index < -0.39 is 5.41 Å². The second-order valence-electron chi connectivity index (χ2n) is 8.22. The van der Waals surface area contributed by atoms with Crippen LogP contribution in [0.15, 0.2) is 36.5 Å². The summed E-state index contributed by atoms with van der Waals surface area (Å²) in [4.78, 5) is 37.4. The number of nitriles is 1. The van der Waals surface area contributed by atoms with Gasteiger partial charge in [-0.25, -0.2) is 4.98 Å². The lowest BCUT2D eigenvalue weighted by Crippen LogP contribution is -2.40. The Hall–Kier alpha value is -3.51. The van der Waals surface area contributed by atoms with Gasteiger partial charge in [-0.1, -0.05) is 6.92 Å². The molecular weight excluding hydrogens is 408 g/mol. The third kappa shape index (κ3) is 4.14. The number of likely N-dealkylation sites (tertiary alicyclic amines) is 1. The molecule has 2 N–H and O–H groups in total. The van der Waals surface area contributed by atoms with Crippen LogP contribution in [0.5, 0.6) is 0 Å². The van der Waals surface area contributed by atoms with Crippen LogP contribution in [0.4, 0.5) is 17.5 Å². The SMILES string of the molecule is CC[C@]1(C#N)CCN(c2ccnc(Nc3ccc(C(=O)N4CCC(O)CC4)cc3)n2)C1=O. The summed E-state index contributed by atoms with van der Waals surface area (Å²) in [5, 5.41) is 22.2. The van der Waals surface area contributed by atoms with E-state index in [0.717, 1.165) is 0 Å². The fourth-order valence-electron chi connectivity index (χ4n) is 4.14. The van der Waals surface area contributed by atoms with E-state index in [4.69, 9.17) is 0 Å². The first-order chi connectivity index (χ1) is 15.5. The number of nitrogens with one attached hydrogen (secondary N) is 1. The summed E-state index contributed by atoms with van der Waals surface area (Å²) in [6.45, 7) is 3.41. The van der Waals surface area contributed by atoms with Gasteiger partial charge in [-0.3, -0.25) is 14.5 Å². The number of nitrogens with zero attached hydrogens (tertiary/aromatic N) is 5. The minimum Gasteiger partial charge on any atom is -0.393 e. The van der Waals surface area contributed by atoms with Gasteiger partial charge in [-0.05, 0) is 56.0 Å². The normalized spacial score (nSPS) is 21.5. The Morgan fingerprint density at radius 3 is 2.59 bits per heavy atom. The molecule has 0 unspecified atom stereocenters. The molecule has 0 saturated carbocycles. The number of benzene rings is 1. The van der Waals surface area contributed by atoms with Crippen LogP contribution in [0, 0.1) is 16.7 Å². The summed E-state index contributed by atoms with van der Waals surface area (Å²) in [5.74, 6) is 0.508. The second-order valence-corrected chi connectivity index (χ2v) is 8.22. The standard InChI is InChI=1S/C23H26N6O3/c1-2-23(15-24)10-14-29(21(23)32)19-7-11-25-22(27-19)26-17-5-3-16(4-6-17)20(31)28-12-8-18(30)9-13-28/h3-7,11,18,30H,2,8-10,12-14H2,1H3,(H,25,26,27)/t23-/m1/s1. The van der Waals surface area contributed by atoms with E-state index in [9.17, 15) is 20.0 Å². The number of aromatic nitrogens is 2. The molecule has 2 amide bonds. The topological polar surface area (TPSA) is 122 Å². The molecule has 1 aromatic carbocycles. The van der Waals surface area contributed by atoms with E-state index in [2.05, 4.69) is 21.4 Å². The first-order valence-corrected chi connectivity index (χ1v) is 10.9. The van der Waals surface area contributed by atoms with E-state index in [1.165, 1.54) is 4.90 Å². The first-order valence-electron chi connectivity index (χ1n) is 10.9. The Morgan fingerprint density at radius 2 is 1.97 bits per heavy atom. The highest BCUT2D eigenvalue weighted by Gasteiger charge is 2.46. The molecule has 0 aliphatic carbocycles. The van der Waals surface area contributed by atoms with Gasteiger partial charge in [-0.15, -0.1) is 0 Å². The van der Waals surface area contributed by atoms with Gasteiger partial charge >= 0.3 is 0 Å². The molecule has 4 rings (SSSR count). The zero-order valence-corrected chi connectivity index (χ0v) is 18.0. The second kappa shape index (κ2) is 8.93. The van der Waals surface area contributed by atoms with Gasteiger partial charge in [0.1, 0.15) is 11.2 Å². The van der Waals surface area contributed by atoms with Crippen LogP contribution in [0.25, 0.3) is 0 Å². The Kier molecular flexibility index (Phi) is 6.06. The maximum absolute atomic E-state index is 12.8. The lowest BCUT2D eigenvalue weighted by Gasteiger charge is -2.29. The van der Waals surface area contributed by atoms with Gasteiger partial charge in [0.15, 0.2) is 0 Å². The summed E-state index contributed by atoms with van der Waals surface area (Å²) >= 11 is 0. The number of anilines is 3. The van der Waals surface area contributed by atoms with E-state index in [1.54, 1.807) is 41.4 Å². The van der Waals surface area contributed by atoms with Crippen molar-refractivity contribution in [3.05, 3.63) is 42.1 Å². The molecule has 2 aliphatic heterocycles. The maximum Gasteiger partial charge on any atom is 0.253 e. The Bertz CT molecular complexity index is 1040. The van der Waals surface area contributed by atoms with Gasteiger partial charge in [0.2, 0.25) is 11.9 Å². The molecule has 9 nitrogen and oxygen atoms in total. The number of rotatable bonds is 5. The summed E-state index contributed by atoms with van der Waals surface area (Å²) in [7, 11) is 0. The van der Waals surface area contributed by atoms with Crippen LogP contribution in [0.3, 0.4) is 0 Å². The van der Waals surface area contributed by atoms with Crippen molar-refractivity contribution in [1.29, 1.82) is 5.26 Å². The smallest absolute Gasteiger partial charge is 0.253 e. The van der Waals surface area contributed by atoms with Gasteiger partial charge in [0, 0.05) is 37.1 Å². The zero-order valence-electron chi connectivity index (χ0n) is 18.0. The molecule has 1 atom stereocenters. The molecule has 0 radical (unpaired) electrons. The molecule has 9 heteroatoms. The van der Waals surface area contributed by atoms with Crippen LogP contribution in [-0.4, -0.2) is 57.5 Å². The highest BCUT2D eigenvalue weighted by Crippen LogP contribution is 2.36. The maximum atomic E-state index is 12.8. The Morgan fingerprint density at radius 1 is 1.25 bits per heavy atom. The number of hydrogen-bond acceptors (Lipinski definition) is 7. The molecule has 3 heterocycles. The number of amides is 2. The molecular formula is C23H26N6O3. The molecule has 0 bridgehead atoms. The molecule has 2 saturated heterocycles. The van der Waals surface area contributed by atoms with Crippen molar-refractivity contribution < 1.29 is 14.7 Å². The van der Waals surface area contributed by atoms with Crippen LogP contribution >= 0.6 is 0 Å². The van der Waals surface area contributed by atoms with Crippen molar-refractivity contribution in [2.45, 2.75) is 38.7 Å². The van der Waals surface area contributed by atoms with Crippen molar-refractivity contribution in [1.82, 2.24) is 14.9 Å².